The molecule has 0 fully saturated rings. The number of benzene rings is 2. The van der Waals surface area contributed by atoms with Crippen LogP contribution in [0.4, 0.5) is 10.1 Å². The maximum atomic E-state index is 13.3. The number of halogens is 1. The van der Waals surface area contributed by atoms with Crippen LogP contribution in [0.15, 0.2) is 54.7 Å². The number of likely N-dealkylation sites (N-methyl/N-ethyl adjacent to an activating group) is 1. The van der Waals surface area contributed by atoms with Crippen LogP contribution in [0, 0.1) is 5.82 Å². The molecule has 0 bridgehead atoms. The summed E-state index contributed by atoms with van der Waals surface area (Å²) in [6.07, 6.45) is 2.09. The van der Waals surface area contributed by atoms with Crippen LogP contribution in [0.3, 0.4) is 0 Å². The smallest absolute Gasteiger partial charge is 0.245 e. The maximum absolute atomic E-state index is 13.3. The van der Waals surface area contributed by atoms with Crippen molar-refractivity contribution in [1.29, 1.82) is 0 Å². The number of carbonyl (C=O) groups is 3. The monoisotopic (exact) mass is 410 g/mol. The Morgan fingerprint density at radius 2 is 1.90 bits per heavy atom. The number of anilines is 1. The molecule has 3 aromatic rings. The number of hydrogen-bond acceptors (Lipinski definition) is 3. The number of para-hydroxylation sites is 1. The summed E-state index contributed by atoms with van der Waals surface area (Å²) in [6, 6.07) is 12.3. The molecule has 3 N–H and O–H groups in total. The van der Waals surface area contributed by atoms with Crippen molar-refractivity contribution in [2.24, 2.45) is 0 Å². The lowest BCUT2D eigenvalue weighted by Gasteiger charge is -2.24. The van der Waals surface area contributed by atoms with Crippen molar-refractivity contribution in [3.05, 3.63) is 66.1 Å². The third-order valence-corrected chi connectivity index (χ3v) is 4.64. The second-order valence-electron chi connectivity index (χ2n) is 7.07. The van der Waals surface area contributed by atoms with Gasteiger partial charge in [0, 0.05) is 43.2 Å². The summed E-state index contributed by atoms with van der Waals surface area (Å²) in [7, 11) is 1.48. The van der Waals surface area contributed by atoms with Gasteiger partial charge in [0.05, 0.1) is 6.54 Å². The van der Waals surface area contributed by atoms with Crippen molar-refractivity contribution >= 4 is 34.3 Å². The SMILES string of the molecule is CC(=O)NC(Cc1c[nH]c2ccccc12)C(=O)N(C)CC(=O)Nc1cccc(F)c1. The number of nitrogens with zero attached hydrogens (tertiary/aromatic N) is 1. The minimum Gasteiger partial charge on any atom is -0.361 e. The molecule has 1 atom stereocenters. The molecule has 2 aromatic carbocycles. The largest absolute Gasteiger partial charge is 0.361 e. The van der Waals surface area contributed by atoms with Gasteiger partial charge in [-0.25, -0.2) is 4.39 Å². The first-order valence-electron chi connectivity index (χ1n) is 9.46. The Hall–Kier alpha value is -3.68. The predicted molar refractivity (Wildman–Crippen MR) is 112 cm³/mol. The molecule has 3 amide bonds. The van der Waals surface area contributed by atoms with Crippen LogP contribution in [0.25, 0.3) is 10.9 Å². The fourth-order valence-corrected chi connectivity index (χ4v) is 3.29. The van der Waals surface area contributed by atoms with Crippen molar-refractivity contribution in [3.8, 4) is 0 Å². The van der Waals surface area contributed by atoms with Gasteiger partial charge in [0.1, 0.15) is 11.9 Å². The molecule has 0 saturated carbocycles. The molecule has 1 aromatic heterocycles. The molecule has 156 valence electrons. The molecule has 3 rings (SSSR count). The Bertz CT molecular complexity index is 1080. The molecule has 0 aliphatic carbocycles. The Labute approximate surface area is 173 Å². The normalized spacial score (nSPS) is 11.7. The lowest BCUT2D eigenvalue weighted by molar-refractivity contribution is -0.137. The number of carbonyl (C=O) groups excluding carboxylic acids is 3. The molecule has 1 heterocycles. The number of rotatable bonds is 7. The quantitative estimate of drug-likeness (QED) is 0.558. The molecule has 1 unspecified atom stereocenters. The van der Waals surface area contributed by atoms with Crippen molar-refractivity contribution < 1.29 is 18.8 Å². The number of hydrogen-bond donors (Lipinski definition) is 3. The third-order valence-electron chi connectivity index (χ3n) is 4.64. The zero-order valence-corrected chi connectivity index (χ0v) is 16.7. The molecule has 30 heavy (non-hydrogen) atoms. The highest BCUT2D eigenvalue weighted by Gasteiger charge is 2.25. The van der Waals surface area contributed by atoms with E-state index in [4.69, 9.17) is 0 Å². The number of H-pyrrole nitrogens is 1. The topological polar surface area (TPSA) is 94.3 Å². The van der Waals surface area contributed by atoms with E-state index in [0.717, 1.165) is 16.5 Å². The van der Waals surface area contributed by atoms with Gasteiger partial charge >= 0.3 is 0 Å². The van der Waals surface area contributed by atoms with Crippen LogP contribution in [0.1, 0.15) is 12.5 Å². The minimum absolute atomic E-state index is 0.237. The van der Waals surface area contributed by atoms with Crippen LogP contribution >= 0.6 is 0 Å². The van der Waals surface area contributed by atoms with Crippen LogP contribution < -0.4 is 10.6 Å². The zero-order valence-electron chi connectivity index (χ0n) is 16.7. The van der Waals surface area contributed by atoms with E-state index in [9.17, 15) is 18.8 Å². The number of nitrogens with one attached hydrogen (secondary N) is 3. The molecular formula is C22H23FN4O3. The highest BCUT2D eigenvalue weighted by Crippen LogP contribution is 2.19. The van der Waals surface area contributed by atoms with Crippen LogP contribution in [0.5, 0.6) is 0 Å². The van der Waals surface area contributed by atoms with Gasteiger partial charge in [0.15, 0.2) is 0 Å². The van der Waals surface area contributed by atoms with Gasteiger partial charge < -0.3 is 20.5 Å². The van der Waals surface area contributed by atoms with Crippen molar-refractivity contribution in [2.45, 2.75) is 19.4 Å². The standard InChI is InChI=1S/C22H23FN4O3/c1-14(28)25-20(10-15-12-24-19-9-4-3-8-18(15)19)22(30)27(2)13-21(29)26-17-7-5-6-16(23)11-17/h3-9,11-12,20,24H,10,13H2,1-2H3,(H,25,28)(H,26,29). The average molecular weight is 410 g/mol. The van der Waals surface area contributed by atoms with E-state index < -0.39 is 23.7 Å². The first-order valence-corrected chi connectivity index (χ1v) is 9.46. The second-order valence-corrected chi connectivity index (χ2v) is 7.07. The minimum atomic E-state index is -0.825. The Balaban J connectivity index is 1.69. The summed E-state index contributed by atoms with van der Waals surface area (Å²) in [4.78, 5) is 41.3. The highest BCUT2D eigenvalue weighted by molar-refractivity contribution is 5.96. The van der Waals surface area contributed by atoms with Gasteiger partial charge in [-0.05, 0) is 29.8 Å². The summed E-state index contributed by atoms with van der Waals surface area (Å²) < 4.78 is 13.3. The fourth-order valence-electron chi connectivity index (χ4n) is 3.29. The number of aromatic amines is 1. The first-order chi connectivity index (χ1) is 14.3. The van der Waals surface area contributed by atoms with Gasteiger partial charge in [-0.1, -0.05) is 24.3 Å². The van der Waals surface area contributed by atoms with Crippen molar-refractivity contribution in [2.75, 3.05) is 18.9 Å². The molecule has 0 radical (unpaired) electrons. The molecular weight excluding hydrogens is 387 g/mol. The first kappa shape index (κ1) is 21.0. The highest BCUT2D eigenvalue weighted by atomic mass is 19.1. The lowest BCUT2D eigenvalue weighted by atomic mass is 10.0. The number of amides is 3. The second kappa shape index (κ2) is 9.21. The van der Waals surface area contributed by atoms with E-state index in [1.54, 1.807) is 6.07 Å². The summed E-state index contributed by atoms with van der Waals surface area (Å²) in [5.41, 5.74) is 2.12. The van der Waals surface area contributed by atoms with E-state index >= 15 is 0 Å². The Morgan fingerprint density at radius 1 is 1.13 bits per heavy atom. The number of fused-ring (bicyclic) bond motifs is 1. The van der Waals surface area contributed by atoms with Crippen molar-refractivity contribution in [3.63, 3.8) is 0 Å². The lowest BCUT2D eigenvalue weighted by Crippen LogP contribution is -2.49. The fraction of sp³-hybridized carbons (Fsp3) is 0.227. The maximum Gasteiger partial charge on any atom is 0.245 e. The molecule has 0 spiro atoms. The van der Waals surface area contributed by atoms with Gasteiger partial charge in [-0.3, -0.25) is 14.4 Å². The van der Waals surface area contributed by atoms with Crippen LogP contribution in [0.2, 0.25) is 0 Å². The van der Waals surface area contributed by atoms with E-state index in [1.165, 1.54) is 37.1 Å². The third kappa shape index (κ3) is 5.22. The molecule has 8 heteroatoms. The Morgan fingerprint density at radius 3 is 2.63 bits per heavy atom. The predicted octanol–water partition coefficient (Wildman–Crippen LogP) is 2.45. The summed E-state index contributed by atoms with van der Waals surface area (Å²) in [5.74, 6) is -1.68. The Kier molecular flexibility index (Phi) is 6.46. The summed E-state index contributed by atoms with van der Waals surface area (Å²) in [5, 5.41) is 6.19. The summed E-state index contributed by atoms with van der Waals surface area (Å²) in [6.45, 7) is 1.10. The average Bonchev–Trinajstić information content (AvgIpc) is 3.09. The van der Waals surface area contributed by atoms with Gasteiger partial charge in [0.25, 0.3) is 0 Å². The zero-order chi connectivity index (χ0) is 21.7. The molecule has 7 nitrogen and oxygen atoms in total. The number of aromatic nitrogens is 1. The van der Waals surface area contributed by atoms with Crippen LogP contribution in [-0.2, 0) is 20.8 Å². The van der Waals surface area contributed by atoms with Gasteiger partial charge in [-0.15, -0.1) is 0 Å². The van der Waals surface area contributed by atoms with Crippen LogP contribution in [-0.4, -0.2) is 47.2 Å². The molecule has 0 aliphatic heterocycles. The van der Waals surface area contributed by atoms with Crippen molar-refractivity contribution in [1.82, 2.24) is 15.2 Å². The van der Waals surface area contributed by atoms with Gasteiger partial charge in [-0.2, -0.15) is 0 Å². The van der Waals surface area contributed by atoms with Gasteiger partial charge in [0.2, 0.25) is 17.7 Å². The van der Waals surface area contributed by atoms with E-state index in [1.807, 2.05) is 30.5 Å². The van der Waals surface area contributed by atoms with E-state index in [2.05, 4.69) is 15.6 Å². The summed E-state index contributed by atoms with van der Waals surface area (Å²) >= 11 is 0. The van der Waals surface area contributed by atoms with E-state index in [-0.39, 0.29) is 18.9 Å². The van der Waals surface area contributed by atoms with E-state index in [0.29, 0.717) is 5.69 Å². The molecule has 0 saturated heterocycles. The molecule has 0 aliphatic rings.